The van der Waals surface area contributed by atoms with E-state index in [-0.39, 0.29) is 16.9 Å². The zero-order valence-electron chi connectivity index (χ0n) is 23.3. The molecule has 44 heavy (non-hydrogen) atoms. The van der Waals surface area contributed by atoms with Gasteiger partial charge in [-0.1, -0.05) is 0 Å². The van der Waals surface area contributed by atoms with Gasteiger partial charge in [0, 0.05) is 17.2 Å². The molecule has 0 atom stereocenters. The lowest BCUT2D eigenvalue weighted by Crippen LogP contribution is -2.38. The van der Waals surface area contributed by atoms with Crippen LogP contribution in [0, 0.1) is 18.6 Å². The Bertz CT molecular complexity index is 1580. The number of carbonyl (C=O) groups is 2. The first-order valence-corrected chi connectivity index (χ1v) is 12.1. The number of rotatable bonds is 9. The number of halogens is 8. The topological polar surface area (TPSA) is 105 Å². The molecule has 3 aromatic rings. The van der Waals surface area contributed by atoms with E-state index in [0.717, 1.165) is 25.4 Å². The average Bonchev–Trinajstić information content (AvgIpc) is 2.88. The first-order chi connectivity index (χ1) is 20.2. The van der Waals surface area contributed by atoms with Crippen LogP contribution in [0.2, 0.25) is 0 Å². The van der Waals surface area contributed by atoms with E-state index in [1.807, 2.05) is 0 Å². The van der Waals surface area contributed by atoms with Crippen molar-refractivity contribution in [3.63, 3.8) is 0 Å². The molecule has 1 aromatic heterocycles. The Morgan fingerprint density at radius 2 is 1.34 bits per heavy atom. The summed E-state index contributed by atoms with van der Waals surface area (Å²) in [5.74, 6) is -11.2. The Balaban J connectivity index is 2.17. The number of anilines is 1. The minimum atomic E-state index is -5.39. The second-order valence-electron chi connectivity index (χ2n) is 9.70. The number of nitrogens with zero attached hydrogens (tertiary/aromatic N) is 1. The smallest absolute Gasteiger partial charge is 0.508 e. The summed E-state index contributed by atoms with van der Waals surface area (Å²) in [5, 5.41) is 0.946. The normalized spacial score (nSPS) is 11.9. The number of carbonyl (C=O) groups excluding carboxylic acids is 2. The van der Waals surface area contributed by atoms with Gasteiger partial charge in [-0.05, 0) is 42.8 Å². The lowest BCUT2D eigenvalue weighted by Gasteiger charge is -2.25. The van der Waals surface area contributed by atoms with Gasteiger partial charge >= 0.3 is 18.7 Å². The van der Waals surface area contributed by atoms with E-state index < -0.39 is 75.8 Å². The number of pyridine rings is 1. The molecule has 0 fully saturated rings. The van der Waals surface area contributed by atoms with Crippen molar-refractivity contribution < 1.29 is 68.4 Å². The molecule has 3 rings (SSSR count). The molecule has 20 heteroatoms. The van der Waals surface area contributed by atoms with Gasteiger partial charge in [0.15, 0.2) is 28.8 Å². The fourth-order valence-corrected chi connectivity index (χ4v) is 3.42. The third-order valence-corrected chi connectivity index (χ3v) is 5.15. The predicted octanol–water partition coefficient (Wildman–Crippen LogP) is 3.19. The first-order valence-electron chi connectivity index (χ1n) is 12.1. The molecule has 0 spiro atoms. The highest BCUT2D eigenvalue weighted by Crippen LogP contribution is 2.43. The van der Waals surface area contributed by atoms with Crippen LogP contribution >= 0.6 is 0 Å². The zero-order chi connectivity index (χ0) is 33.2. The Morgan fingerprint density at radius 1 is 0.818 bits per heavy atom. The number of amides is 1. The maximum Gasteiger partial charge on any atom is 0.573 e. The van der Waals surface area contributed by atoms with E-state index in [0.29, 0.717) is 18.2 Å². The Hall–Kier alpha value is -4.64. The molecule has 232 valence electrons. The number of hydrogen-bond acceptors (Lipinski definition) is 8. The minimum absolute atomic E-state index is 0.144. The molecule has 0 saturated carbocycles. The lowest BCUT2D eigenvalue weighted by molar-refractivity contribution is -0.276. The molecule has 2 aromatic carbocycles. The highest BCUT2D eigenvalue weighted by atomic mass is 19.4. The van der Waals surface area contributed by atoms with Gasteiger partial charge in [-0.15, -0.1) is 26.3 Å². The summed E-state index contributed by atoms with van der Waals surface area (Å²) in [4.78, 5) is 29.0. The number of aromatic nitrogens is 1. The van der Waals surface area contributed by atoms with Gasteiger partial charge in [-0.25, -0.2) is 14.2 Å². The van der Waals surface area contributed by atoms with Crippen molar-refractivity contribution in [3.8, 4) is 28.7 Å². The van der Waals surface area contributed by atoms with Crippen LogP contribution in [0.5, 0.6) is 28.7 Å². The number of ether oxygens (including phenoxy) is 5. The third-order valence-electron chi connectivity index (χ3n) is 5.15. The Morgan fingerprint density at radius 3 is 1.86 bits per heavy atom. The zero-order valence-corrected chi connectivity index (χ0v) is 23.3. The Labute approximate surface area is 246 Å². The van der Waals surface area contributed by atoms with Crippen LogP contribution in [-0.4, -0.2) is 65.5 Å². The van der Waals surface area contributed by atoms with Gasteiger partial charge < -0.3 is 29.0 Å². The number of alkyl halides is 6. The molecule has 1 amide bonds. The molecule has 0 unspecified atom stereocenters. The van der Waals surface area contributed by atoms with Crippen molar-refractivity contribution in [3.05, 3.63) is 65.0 Å². The van der Waals surface area contributed by atoms with Crippen LogP contribution in [0.4, 0.5) is 40.8 Å². The summed E-state index contributed by atoms with van der Waals surface area (Å²) in [6.07, 6.45) is -9.55. The van der Waals surface area contributed by atoms with Crippen molar-refractivity contribution in [2.24, 2.45) is 0 Å². The van der Waals surface area contributed by atoms with Gasteiger partial charge in [0.1, 0.15) is 40.5 Å². The monoisotopic (exact) mass is 632 g/mol. The fourth-order valence-electron chi connectivity index (χ4n) is 3.42. The van der Waals surface area contributed by atoms with E-state index in [9.17, 15) is 35.9 Å². The minimum Gasteiger partial charge on any atom is -0.508 e. The fraction of sp³-hybridized carbons (Fsp3) is 0.208. The number of nitrogens with one attached hydrogen (secondary N) is 1. The summed E-state index contributed by atoms with van der Waals surface area (Å²) >= 11 is 0. The summed E-state index contributed by atoms with van der Waals surface area (Å²) in [7, 11) is 5.24. The molecule has 0 bridgehead atoms. The van der Waals surface area contributed by atoms with Crippen molar-refractivity contribution in [1.82, 2.24) is 4.98 Å². The van der Waals surface area contributed by atoms with Crippen molar-refractivity contribution in [2.45, 2.75) is 24.9 Å². The number of benzene rings is 2. The molecule has 1 N–H and O–H groups in total. The van der Waals surface area contributed by atoms with Crippen molar-refractivity contribution in [2.75, 3.05) is 12.4 Å². The maximum atomic E-state index is 15.5. The van der Waals surface area contributed by atoms with E-state index >= 15 is 8.78 Å². The highest BCUT2D eigenvalue weighted by Gasteiger charge is 2.36. The van der Waals surface area contributed by atoms with Crippen LogP contribution in [0.1, 0.15) is 26.4 Å². The molecule has 0 aliphatic rings. The van der Waals surface area contributed by atoms with E-state index in [1.165, 1.54) is 30.5 Å². The van der Waals surface area contributed by atoms with Crippen LogP contribution in [0.3, 0.4) is 0 Å². The molecular formula is C24H19B3F8N2O7. The van der Waals surface area contributed by atoms with Gasteiger partial charge in [0.05, 0.1) is 7.11 Å². The molecule has 9 nitrogen and oxygen atoms in total. The summed E-state index contributed by atoms with van der Waals surface area (Å²) < 4.78 is 131. The van der Waals surface area contributed by atoms with E-state index in [4.69, 9.17) is 9.47 Å². The van der Waals surface area contributed by atoms with Crippen LogP contribution in [-0.2, 0) is 4.74 Å². The van der Waals surface area contributed by atoms with E-state index in [1.54, 1.807) is 0 Å². The maximum absolute atomic E-state index is 15.5. The second kappa shape index (κ2) is 12.5. The molecule has 0 aliphatic carbocycles. The molecule has 0 aliphatic heterocycles. The SMILES string of the molecule is BC(B)(B)Oc1c(Oc2ccc(OC(F)(F)F)c(F)c2C(=O)Nc2cc(C(=O)OC)ncc2C)ccc(OC(F)(F)F)c1F. The lowest BCUT2D eigenvalue weighted by atomic mass is 9.52. The van der Waals surface area contributed by atoms with Crippen molar-refractivity contribution >= 4 is 41.1 Å². The third kappa shape index (κ3) is 8.70. The van der Waals surface area contributed by atoms with Gasteiger partial charge in [-0.2, -0.15) is 4.39 Å². The highest BCUT2D eigenvalue weighted by molar-refractivity contribution is 6.58. The van der Waals surface area contributed by atoms with E-state index in [2.05, 4.69) is 24.5 Å². The molecular weight excluding hydrogens is 613 g/mol. The van der Waals surface area contributed by atoms with Gasteiger partial charge in [0.2, 0.25) is 5.82 Å². The number of aryl methyl sites for hydroxylation is 1. The Kier molecular flexibility index (Phi) is 9.65. The van der Waals surface area contributed by atoms with Gasteiger partial charge in [0.25, 0.3) is 5.91 Å². The molecule has 1 heterocycles. The summed E-state index contributed by atoms with van der Waals surface area (Å²) in [6, 6.07) is 3.39. The summed E-state index contributed by atoms with van der Waals surface area (Å²) in [6.45, 7) is 1.42. The molecule has 0 radical (unpaired) electrons. The predicted molar refractivity (Wildman–Crippen MR) is 143 cm³/mol. The number of esters is 1. The van der Waals surface area contributed by atoms with Crippen molar-refractivity contribution in [1.29, 1.82) is 0 Å². The standard InChI is InChI=1S/C24H19B3F8N2O7/c1-9-8-36-11(21(39)40-2)7-10(9)37-20(38)16-12(3-4-13(17(16)28)42-23(30,31)32)41-15-6-5-14(43-24(33,34)35)18(29)19(15)44-22(25,26)27/h3-8H,25-27H2,1-2H3,(H,36,37,38). The first kappa shape index (κ1) is 33.9. The average molecular weight is 632 g/mol. The van der Waals surface area contributed by atoms with Crippen LogP contribution in [0.15, 0.2) is 36.5 Å². The quantitative estimate of drug-likeness (QED) is 0.218. The summed E-state index contributed by atoms with van der Waals surface area (Å²) in [5.41, 5.74) is -1.42. The van der Waals surface area contributed by atoms with Crippen LogP contribution in [0.25, 0.3) is 0 Å². The molecule has 0 saturated heterocycles. The number of hydrogen-bond donors (Lipinski definition) is 1. The van der Waals surface area contributed by atoms with Gasteiger partial charge in [-0.3, -0.25) is 4.79 Å². The second-order valence-corrected chi connectivity index (χ2v) is 9.70. The van der Waals surface area contributed by atoms with Crippen LogP contribution < -0.4 is 24.3 Å². The largest absolute Gasteiger partial charge is 0.573 e. The number of methoxy groups -OCH3 is 1.